The molecule has 0 saturated carbocycles. The van der Waals surface area contributed by atoms with Gasteiger partial charge in [0.1, 0.15) is 0 Å². The third-order valence-corrected chi connectivity index (χ3v) is 5.87. The number of nitrogens with zero attached hydrogens (tertiary/aromatic N) is 1. The number of likely N-dealkylation sites (tertiary alicyclic amines) is 1. The van der Waals surface area contributed by atoms with Crippen LogP contribution >= 0.6 is 22.6 Å². The number of nitrogens with one attached hydrogen (secondary N) is 1. The van der Waals surface area contributed by atoms with Crippen LogP contribution in [0.5, 0.6) is 0 Å². The van der Waals surface area contributed by atoms with Gasteiger partial charge >= 0.3 is 0 Å². The van der Waals surface area contributed by atoms with Gasteiger partial charge in [-0.25, -0.2) is 0 Å². The molecule has 3 unspecified atom stereocenters. The van der Waals surface area contributed by atoms with Crippen LogP contribution < -0.4 is 5.32 Å². The lowest BCUT2D eigenvalue weighted by atomic mass is 10.0. The zero-order valence-corrected chi connectivity index (χ0v) is 13.5. The zero-order valence-electron chi connectivity index (χ0n) is 11.3. The van der Waals surface area contributed by atoms with E-state index in [4.69, 9.17) is 0 Å². The molecule has 2 heterocycles. The molecule has 1 N–H and O–H groups in total. The molecule has 0 spiro atoms. The van der Waals surface area contributed by atoms with E-state index in [0.29, 0.717) is 18.0 Å². The van der Waals surface area contributed by atoms with Gasteiger partial charge in [-0.05, 0) is 60.4 Å². The molecule has 2 saturated heterocycles. The van der Waals surface area contributed by atoms with Gasteiger partial charge in [0.15, 0.2) is 0 Å². The number of rotatable bonds is 1. The quantitative estimate of drug-likeness (QED) is 0.771. The van der Waals surface area contributed by atoms with Gasteiger partial charge in [-0.3, -0.25) is 4.79 Å². The molecule has 4 heteroatoms. The summed E-state index contributed by atoms with van der Waals surface area (Å²) in [7, 11) is 0. The first kappa shape index (κ1) is 13.4. The van der Waals surface area contributed by atoms with Crippen LogP contribution in [0.4, 0.5) is 0 Å². The number of carbonyl (C=O) groups is 1. The molecule has 3 rings (SSSR count). The molecule has 1 aromatic rings. The van der Waals surface area contributed by atoms with Gasteiger partial charge in [0.25, 0.3) is 5.91 Å². The molecule has 19 heavy (non-hydrogen) atoms. The van der Waals surface area contributed by atoms with Crippen LogP contribution in [0.2, 0.25) is 0 Å². The van der Waals surface area contributed by atoms with E-state index in [1.807, 2.05) is 12.1 Å². The van der Waals surface area contributed by atoms with Crippen LogP contribution in [0, 0.1) is 16.4 Å². The van der Waals surface area contributed by atoms with Crippen LogP contribution in [0.15, 0.2) is 18.2 Å². The molecular formula is C15H19IN2O. The molecule has 2 aliphatic heterocycles. The second-order valence-electron chi connectivity index (χ2n) is 5.72. The molecule has 3 atom stereocenters. The minimum atomic E-state index is 0.205. The normalized spacial score (nSPS) is 29.6. The molecular weight excluding hydrogens is 351 g/mol. The van der Waals surface area contributed by atoms with Gasteiger partial charge < -0.3 is 10.2 Å². The summed E-state index contributed by atoms with van der Waals surface area (Å²) < 4.78 is 1.09. The van der Waals surface area contributed by atoms with Crippen molar-refractivity contribution in [3.8, 4) is 0 Å². The predicted octanol–water partition coefficient (Wildman–Crippen LogP) is 2.42. The van der Waals surface area contributed by atoms with Gasteiger partial charge in [-0.1, -0.05) is 12.1 Å². The number of hydrogen-bond donors (Lipinski definition) is 1. The lowest BCUT2D eigenvalue weighted by molar-refractivity contribution is 0.0681. The summed E-state index contributed by atoms with van der Waals surface area (Å²) in [5.41, 5.74) is 2.04. The van der Waals surface area contributed by atoms with Gasteiger partial charge in [0.2, 0.25) is 0 Å². The molecule has 1 aromatic carbocycles. The van der Waals surface area contributed by atoms with Crippen LogP contribution in [0.3, 0.4) is 0 Å². The Hall–Kier alpha value is -0.620. The smallest absolute Gasteiger partial charge is 0.255 e. The predicted molar refractivity (Wildman–Crippen MR) is 84.3 cm³/mol. The maximum absolute atomic E-state index is 12.9. The number of amides is 1. The molecule has 1 amide bonds. The largest absolute Gasteiger partial charge is 0.331 e. The highest BCUT2D eigenvalue weighted by molar-refractivity contribution is 14.1. The molecule has 0 aromatic heterocycles. The average molecular weight is 370 g/mol. The average Bonchev–Trinajstić information content (AvgIpc) is 2.91. The molecule has 2 fully saturated rings. The van der Waals surface area contributed by atoms with Crippen molar-refractivity contribution in [2.75, 3.05) is 13.1 Å². The number of aryl methyl sites for hydroxylation is 1. The first-order chi connectivity index (χ1) is 9.09. The number of fused-ring (bicyclic) bond motifs is 1. The van der Waals surface area contributed by atoms with Crippen molar-refractivity contribution in [2.24, 2.45) is 5.92 Å². The summed E-state index contributed by atoms with van der Waals surface area (Å²) in [5, 5.41) is 3.41. The van der Waals surface area contributed by atoms with Gasteiger partial charge in [0.05, 0.1) is 5.56 Å². The van der Waals surface area contributed by atoms with Crippen molar-refractivity contribution in [3.63, 3.8) is 0 Å². The lowest BCUT2D eigenvalue weighted by Gasteiger charge is -2.28. The van der Waals surface area contributed by atoms with Crippen molar-refractivity contribution >= 4 is 28.5 Å². The second-order valence-corrected chi connectivity index (χ2v) is 6.80. The number of carbonyl (C=O) groups excluding carboxylic acids is 1. The van der Waals surface area contributed by atoms with E-state index in [-0.39, 0.29) is 5.91 Å². The van der Waals surface area contributed by atoms with Crippen molar-refractivity contribution in [3.05, 3.63) is 32.9 Å². The van der Waals surface area contributed by atoms with Crippen molar-refractivity contribution in [1.29, 1.82) is 0 Å². The fraction of sp³-hybridized carbons (Fsp3) is 0.533. The zero-order chi connectivity index (χ0) is 13.6. The molecule has 0 bridgehead atoms. The number of halogens is 1. The third kappa shape index (κ3) is 2.18. The van der Waals surface area contributed by atoms with Crippen LogP contribution in [0.1, 0.15) is 29.3 Å². The first-order valence-corrected chi connectivity index (χ1v) is 7.96. The highest BCUT2D eigenvalue weighted by atomic mass is 127. The Kier molecular flexibility index (Phi) is 3.55. The van der Waals surface area contributed by atoms with E-state index in [1.54, 1.807) is 0 Å². The lowest BCUT2D eigenvalue weighted by Crippen LogP contribution is -2.43. The Balaban J connectivity index is 1.93. The summed E-state index contributed by atoms with van der Waals surface area (Å²) in [6.45, 7) is 6.25. The SMILES string of the molecule is Cc1cccc(C(=O)N2C(C)CC3CNCC32)c1I. The summed E-state index contributed by atoms with van der Waals surface area (Å²) in [5.74, 6) is 0.846. The van der Waals surface area contributed by atoms with E-state index in [1.165, 1.54) is 5.56 Å². The molecule has 102 valence electrons. The van der Waals surface area contributed by atoms with Crippen LogP contribution in [0.25, 0.3) is 0 Å². The van der Waals surface area contributed by atoms with E-state index in [2.05, 4.69) is 52.7 Å². The minimum Gasteiger partial charge on any atom is -0.331 e. The topological polar surface area (TPSA) is 32.3 Å². The Morgan fingerprint density at radius 1 is 1.42 bits per heavy atom. The van der Waals surface area contributed by atoms with Crippen molar-refractivity contribution < 1.29 is 4.79 Å². The monoisotopic (exact) mass is 370 g/mol. The summed E-state index contributed by atoms with van der Waals surface area (Å²) in [6, 6.07) is 6.75. The van der Waals surface area contributed by atoms with Crippen molar-refractivity contribution in [2.45, 2.75) is 32.4 Å². The second kappa shape index (κ2) is 5.05. The fourth-order valence-electron chi connectivity index (χ4n) is 3.47. The van der Waals surface area contributed by atoms with Gasteiger partial charge in [-0.2, -0.15) is 0 Å². The third-order valence-electron chi connectivity index (χ3n) is 4.44. The summed E-state index contributed by atoms with van der Waals surface area (Å²) >= 11 is 2.29. The summed E-state index contributed by atoms with van der Waals surface area (Å²) in [6.07, 6.45) is 1.13. The number of benzene rings is 1. The fourth-order valence-corrected chi connectivity index (χ4v) is 4.06. The van der Waals surface area contributed by atoms with E-state index in [9.17, 15) is 4.79 Å². The maximum Gasteiger partial charge on any atom is 0.255 e. The molecule has 0 aliphatic carbocycles. The van der Waals surface area contributed by atoms with Crippen LogP contribution in [-0.2, 0) is 0 Å². The standard InChI is InChI=1S/C15H19IN2O/c1-9-4-3-5-12(14(9)16)15(19)18-10(2)6-11-7-17-8-13(11)18/h3-5,10-11,13,17H,6-8H2,1-2H3. The molecule has 3 nitrogen and oxygen atoms in total. The van der Waals surface area contributed by atoms with E-state index < -0.39 is 0 Å². The van der Waals surface area contributed by atoms with Gasteiger partial charge in [-0.15, -0.1) is 0 Å². The van der Waals surface area contributed by atoms with Crippen molar-refractivity contribution in [1.82, 2.24) is 10.2 Å². The van der Waals surface area contributed by atoms with Gasteiger partial charge in [0, 0.05) is 28.7 Å². The van der Waals surface area contributed by atoms with E-state index >= 15 is 0 Å². The first-order valence-electron chi connectivity index (χ1n) is 6.88. The summed E-state index contributed by atoms with van der Waals surface area (Å²) in [4.78, 5) is 15.0. The minimum absolute atomic E-state index is 0.205. The Morgan fingerprint density at radius 2 is 2.21 bits per heavy atom. The Morgan fingerprint density at radius 3 is 3.00 bits per heavy atom. The maximum atomic E-state index is 12.9. The van der Waals surface area contributed by atoms with Crippen LogP contribution in [-0.4, -0.2) is 36.0 Å². The van der Waals surface area contributed by atoms with E-state index in [0.717, 1.165) is 28.6 Å². The highest BCUT2D eigenvalue weighted by Gasteiger charge is 2.44. The Bertz CT molecular complexity index is 517. The highest BCUT2D eigenvalue weighted by Crippen LogP contribution is 2.34. The molecule has 2 aliphatic rings. The molecule has 0 radical (unpaired) electrons. The number of hydrogen-bond acceptors (Lipinski definition) is 2. The Labute approximate surface area is 127 Å².